The van der Waals surface area contributed by atoms with Crippen LogP contribution in [-0.4, -0.2) is 17.5 Å². The van der Waals surface area contributed by atoms with Crippen LogP contribution in [0.4, 0.5) is 0 Å². The van der Waals surface area contributed by atoms with Crippen LogP contribution in [0.15, 0.2) is 23.8 Å². The number of carbonyl (C=O) groups excluding carboxylic acids is 1. The molecule has 0 aromatic carbocycles. The molecule has 1 aliphatic carbocycles. The van der Waals surface area contributed by atoms with Gasteiger partial charge in [-0.05, 0) is 51.4 Å². The van der Waals surface area contributed by atoms with Crippen LogP contribution in [0.5, 0.6) is 0 Å². The predicted molar refractivity (Wildman–Crippen MR) is 91.8 cm³/mol. The average Bonchev–Trinajstić information content (AvgIpc) is 3.05. The Balaban J connectivity index is 2.26. The lowest BCUT2D eigenvalue weighted by molar-refractivity contribution is -0.121. The topological polar surface area (TPSA) is 29.6 Å². The number of ketones is 1. The molecule has 0 spiro atoms. The van der Waals surface area contributed by atoms with Gasteiger partial charge in [0.2, 0.25) is 0 Å². The largest absolute Gasteiger partial charge is 0.366 e. The van der Waals surface area contributed by atoms with Crippen LogP contribution >= 0.6 is 0 Å². The van der Waals surface area contributed by atoms with Crippen molar-refractivity contribution in [3.05, 3.63) is 23.8 Å². The minimum atomic E-state index is -0.108. The lowest BCUT2D eigenvalue weighted by atomic mass is 9.82. The molecule has 2 aliphatic rings. The Morgan fingerprint density at radius 2 is 2.09 bits per heavy atom. The second-order valence-corrected chi connectivity index (χ2v) is 7.99. The van der Waals surface area contributed by atoms with E-state index in [1.807, 2.05) is 6.92 Å². The predicted octanol–water partition coefficient (Wildman–Crippen LogP) is 5.09. The number of hydrogen-bond donors (Lipinski definition) is 0. The minimum Gasteiger partial charge on any atom is -0.366 e. The van der Waals surface area contributed by atoms with Crippen molar-refractivity contribution in [1.29, 1.82) is 0 Å². The zero-order valence-electron chi connectivity index (χ0n) is 14.9. The molecule has 0 aromatic rings. The van der Waals surface area contributed by atoms with Gasteiger partial charge < -0.3 is 4.74 Å². The van der Waals surface area contributed by atoms with Gasteiger partial charge in [-0.3, -0.25) is 4.79 Å². The minimum absolute atomic E-state index is 0.0651. The quantitative estimate of drug-likeness (QED) is 0.525. The standard InChI is InChI=1S/C20H32O2/c1-13(2)16-9-10-20(6)19(22-20)8-7-15(5)11-18(21)17(12-16)14(3)4/h12-13,15,17,19H,3,7-11H2,1-2,4-6H3/b16-12+/t15-,17-,19-,20-/m0/s1. The Labute approximate surface area is 136 Å². The second-order valence-electron chi connectivity index (χ2n) is 7.99. The van der Waals surface area contributed by atoms with Crippen LogP contribution in [0, 0.1) is 17.8 Å². The Morgan fingerprint density at radius 1 is 1.41 bits per heavy atom. The zero-order chi connectivity index (χ0) is 16.5. The van der Waals surface area contributed by atoms with Gasteiger partial charge in [-0.25, -0.2) is 0 Å². The molecule has 1 heterocycles. The van der Waals surface area contributed by atoms with E-state index < -0.39 is 0 Å². The number of Topliss-reactive ketones (excluding diaryl/α,β-unsaturated/α-hetero) is 1. The molecule has 0 radical (unpaired) electrons. The third-order valence-electron chi connectivity index (χ3n) is 5.42. The van der Waals surface area contributed by atoms with Gasteiger partial charge >= 0.3 is 0 Å². The molecule has 4 atom stereocenters. The Hall–Kier alpha value is -0.890. The molecule has 0 unspecified atom stereocenters. The normalized spacial score (nSPS) is 39.3. The van der Waals surface area contributed by atoms with Crippen molar-refractivity contribution in [3.8, 4) is 0 Å². The van der Waals surface area contributed by atoms with Crippen molar-refractivity contribution < 1.29 is 9.53 Å². The number of fused-ring (bicyclic) bond motifs is 1. The smallest absolute Gasteiger partial charge is 0.144 e. The third-order valence-corrected chi connectivity index (χ3v) is 5.42. The second kappa shape index (κ2) is 6.70. The number of rotatable bonds is 2. The van der Waals surface area contributed by atoms with Gasteiger partial charge in [0.1, 0.15) is 5.78 Å². The summed E-state index contributed by atoms with van der Waals surface area (Å²) in [6.45, 7) is 14.9. The van der Waals surface area contributed by atoms with Gasteiger partial charge in [-0.15, -0.1) is 0 Å². The van der Waals surface area contributed by atoms with E-state index in [0.717, 1.165) is 31.3 Å². The fourth-order valence-electron chi connectivity index (χ4n) is 3.56. The molecule has 1 aliphatic heterocycles. The molecule has 124 valence electrons. The highest BCUT2D eigenvalue weighted by atomic mass is 16.6. The summed E-state index contributed by atoms with van der Waals surface area (Å²) in [6.07, 6.45) is 7.51. The van der Waals surface area contributed by atoms with Crippen LogP contribution in [0.3, 0.4) is 0 Å². The molecule has 2 heteroatoms. The first-order valence-corrected chi connectivity index (χ1v) is 8.79. The maximum Gasteiger partial charge on any atom is 0.144 e. The molecule has 0 amide bonds. The summed E-state index contributed by atoms with van der Waals surface area (Å²) < 4.78 is 5.97. The average molecular weight is 304 g/mol. The molecule has 0 saturated carbocycles. The van der Waals surface area contributed by atoms with Crippen LogP contribution in [0.2, 0.25) is 0 Å². The van der Waals surface area contributed by atoms with Gasteiger partial charge in [0.25, 0.3) is 0 Å². The van der Waals surface area contributed by atoms with Crippen molar-refractivity contribution in [2.45, 2.75) is 78.4 Å². The number of hydrogen-bond acceptors (Lipinski definition) is 2. The molecular weight excluding hydrogens is 272 g/mol. The molecule has 0 N–H and O–H groups in total. The fraction of sp³-hybridized carbons (Fsp3) is 0.750. The third kappa shape index (κ3) is 4.10. The van der Waals surface area contributed by atoms with E-state index in [4.69, 9.17) is 4.74 Å². The zero-order valence-corrected chi connectivity index (χ0v) is 14.9. The molecule has 2 nitrogen and oxygen atoms in total. The fourth-order valence-corrected chi connectivity index (χ4v) is 3.56. The summed E-state index contributed by atoms with van der Waals surface area (Å²) in [6, 6.07) is 0. The van der Waals surface area contributed by atoms with Gasteiger partial charge in [0, 0.05) is 6.42 Å². The summed E-state index contributed by atoms with van der Waals surface area (Å²) in [4.78, 5) is 12.7. The maximum atomic E-state index is 12.7. The first-order valence-electron chi connectivity index (χ1n) is 8.79. The van der Waals surface area contributed by atoms with E-state index in [0.29, 0.717) is 30.1 Å². The van der Waals surface area contributed by atoms with E-state index in [9.17, 15) is 4.79 Å². The van der Waals surface area contributed by atoms with Gasteiger partial charge in [-0.1, -0.05) is 44.6 Å². The Bertz CT molecular complexity index is 474. The van der Waals surface area contributed by atoms with E-state index in [-0.39, 0.29) is 11.5 Å². The number of carbonyl (C=O) groups is 1. The van der Waals surface area contributed by atoms with Gasteiger partial charge in [0.05, 0.1) is 17.6 Å². The van der Waals surface area contributed by atoms with E-state index >= 15 is 0 Å². The molecule has 1 fully saturated rings. The molecule has 1 saturated heterocycles. The monoisotopic (exact) mass is 304 g/mol. The summed E-state index contributed by atoms with van der Waals surface area (Å²) in [7, 11) is 0. The molecule has 0 aromatic heterocycles. The molecule has 0 bridgehead atoms. The van der Waals surface area contributed by atoms with Crippen molar-refractivity contribution >= 4 is 5.78 Å². The van der Waals surface area contributed by atoms with Crippen molar-refractivity contribution in [3.63, 3.8) is 0 Å². The van der Waals surface area contributed by atoms with Crippen LogP contribution in [-0.2, 0) is 9.53 Å². The highest BCUT2D eigenvalue weighted by molar-refractivity contribution is 5.85. The first-order chi connectivity index (χ1) is 10.2. The summed E-state index contributed by atoms with van der Waals surface area (Å²) in [5.74, 6) is 1.12. The highest BCUT2D eigenvalue weighted by Crippen LogP contribution is 2.45. The van der Waals surface area contributed by atoms with E-state index in [1.54, 1.807) is 0 Å². The Kier molecular flexibility index (Phi) is 5.32. The number of epoxide rings is 1. The maximum absolute atomic E-state index is 12.7. The first kappa shape index (κ1) is 17.5. The number of allylic oxidation sites excluding steroid dienone is 3. The van der Waals surface area contributed by atoms with Crippen molar-refractivity contribution in [2.24, 2.45) is 17.8 Å². The SMILES string of the molecule is C=C(C)[C@@H]1/C=C(/C(C)C)CC[C@]2(C)O[C@H]2CC[C@H](C)CC1=O. The lowest BCUT2D eigenvalue weighted by Crippen LogP contribution is -2.20. The Morgan fingerprint density at radius 3 is 2.68 bits per heavy atom. The van der Waals surface area contributed by atoms with Crippen molar-refractivity contribution in [1.82, 2.24) is 0 Å². The number of ether oxygens (including phenoxy) is 1. The van der Waals surface area contributed by atoms with Crippen molar-refractivity contribution in [2.75, 3.05) is 0 Å². The molecular formula is C20H32O2. The van der Waals surface area contributed by atoms with E-state index in [1.165, 1.54) is 5.57 Å². The lowest BCUT2D eigenvalue weighted by Gasteiger charge is -2.21. The summed E-state index contributed by atoms with van der Waals surface area (Å²) >= 11 is 0. The van der Waals surface area contributed by atoms with Crippen LogP contribution < -0.4 is 0 Å². The highest BCUT2D eigenvalue weighted by Gasteiger charge is 2.51. The van der Waals surface area contributed by atoms with Gasteiger partial charge in [-0.2, -0.15) is 0 Å². The van der Waals surface area contributed by atoms with E-state index in [2.05, 4.69) is 40.3 Å². The van der Waals surface area contributed by atoms with Crippen LogP contribution in [0.25, 0.3) is 0 Å². The van der Waals surface area contributed by atoms with Crippen LogP contribution in [0.1, 0.15) is 66.7 Å². The molecule has 2 rings (SSSR count). The molecule has 22 heavy (non-hydrogen) atoms. The van der Waals surface area contributed by atoms with Gasteiger partial charge in [0.15, 0.2) is 0 Å². The summed E-state index contributed by atoms with van der Waals surface area (Å²) in [5, 5.41) is 0. The summed E-state index contributed by atoms with van der Waals surface area (Å²) in [5.41, 5.74) is 2.42.